The molecule has 96 valence electrons. The van der Waals surface area contributed by atoms with Crippen LogP contribution in [0.2, 0.25) is 0 Å². The predicted molar refractivity (Wildman–Crippen MR) is 75.3 cm³/mol. The van der Waals surface area contributed by atoms with Crippen LogP contribution in [-0.4, -0.2) is 38.9 Å². The van der Waals surface area contributed by atoms with E-state index in [2.05, 4.69) is 11.6 Å². The van der Waals surface area contributed by atoms with Crippen LogP contribution in [0.3, 0.4) is 0 Å². The number of ether oxygens (including phenoxy) is 2. The van der Waals surface area contributed by atoms with E-state index in [1.54, 1.807) is 7.11 Å². The van der Waals surface area contributed by atoms with Gasteiger partial charge in [-0.3, -0.25) is 0 Å². The van der Waals surface area contributed by atoms with Crippen molar-refractivity contribution in [2.24, 2.45) is 0 Å². The third kappa shape index (κ3) is 6.44. The summed E-state index contributed by atoms with van der Waals surface area (Å²) in [6.07, 6.45) is 3.32. The molecular weight excluding hydrogens is 234 g/mol. The van der Waals surface area contributed by atoms with Crippen molar-refractivity contribution < 1.29 is 9.47 Å². The number of hydrogen-bond donors (Lipinski definition) is 1. The minimum absolute atomic E-state index is 0.594. The maximum Gasteiger partial charge on any atom is 0.119 e. The first-order chi connectivity index (χ1) is 8.36. The Hall–Kier alpha value is -0.870. The van der Waals surface area contributed by atoms with Crippen LogP contribution in [-0.2, 0) is 4.74 Å². The summed E-state index contributed by atoms with van der Waals surface area (Å²) in [5, 5.41) is 3.38. The predicted octanol–water partition coefficient (Wildman–Crippen LogP) is 2.88. The third-order valence-electron chi connectivity index (χ3n) is 2.26. The molecule has 1 aromatic rings. The van der Waals surface area contributed by atoms with Gasteiger partial charge in [0.2, 0.25) is 0 Å². The minimum atomic E-state index is 0.594. The summed E-state index contributed by atoms with van der Waals surface area (Å²) in [6.45, 7) is 2.23. The molecule has 0 aliphatic carbocycles. The average Bonchev–Trinajstić information content (AvgIpc) is 2.37. The summed E-state index contributed by atoms with van der Waals surface area (Å²) in [5.74, 6) is 2.09. The lowest BCUT2D eigenvalue weighted by atomic mass is 10.3. The van der Waals surface area contributed by atoms with Crippen molar-refractivity contribution in [3.63, 3.8) is 0 Å². The summed E-state index contributed by atoms with van der Waals surface area (Å²) < 4.78 is 10.4. The molecule has 0 spiro atoms. The highest BCUT2D eigenvalue weighted by Crippen LogP contribution is 2.15. The number of benzene rings is 1. The standard InChI is InChI=1S/C13H21NO2S/c1-15-9-10-16-13-6-4-12(5-7-13)14-8-3-11-17-2/h4-7,14H,3,8-11H2,1-2H3. The minimum Gasteiger partial charge on any atom is -0.491 e. The van der Waals surface area contributed by atoms with Gasteiger partial charge in [0, 0.05) is 19.3 Å². The Bertz CT molecular complexity index is 290. The first-order valence-corrected chi connectivity index (χ1v) is 7.21. The molecule has 0 heterocycles. The molecule has 0 atom stereocenters. The fourth-order valence-corrected chi connectivity index (χ4v) is 1.79. The van der Waals surface area contributed by atoms with Crippen molar-refractivity contribution in [1.29, 1.82) is 0 Å². The van der Waals surface area contributed by atoms with Crippen LogP contribution in [0.1, 0.15) is 6.42 Å². The largest absolute Gasteiger partial charge is 0.491 e. The molecule has 1 N–H and O–H groups in total. The Labute approximate surface area is 108 Å². The lowest BCUT2D eigenvalue weighted by Gasteiger charge is -2.08. The molecule has 0 bridgehead atoms. The van der Waals surface area contributed by atoms with E-state index in [9.17, 15) is 0 Å². The quantitative estimate of drug-likeness (QED) is 0.687. The molecular formula is C13H21NO2S. The molecule has 3 nitrogen and oxygen atoms in total. The zero-order valence-corrected chi connectivity index (χ0v) is 11.4. The molecule has 1 aromatic carbocycles. The van der Waals surface area contributed by atoms with Crippen LogP contribution in [0, 0.1) is 0 Å². The van der Waals surface area contributed by atoms with E-state index >= 15 is 0 Å². The highest BCUT2D eigenvalue weighted by Gasteiger charge is 1.95. The maximum atomic E-state index is 5.49. The number of rotatable bonds is 9. The van der Waals surface area contributed by atoms with Gasteiger partial charge in [0.25, 0.3) is 0 Å². The molecule has 0 saturated heterocycles. The lowest BCUT2D eigenvalue weighted by Crippen LogP contribution is -2.05. The van der Waals surface area contributed by atoms with Crippen LogP contribution in [0.25, 0.3) is 0 Å². The van der Waals surface area contributed by atoms with Gasteiger partial charge >= 0.3 is 0 Å². The summed E-state index contributed by atoms with van der Waals surface area (Å²) in [4.78, 5) is 0. The number of anilines is 1. The molecule has 17 heavy (non-hydrogen) atoms. The SMILES string of the molecule is COCCOc1ccc(NCCCSC)cc1. The monoisotopic (exact) mass is 255 g/mol. The van der Waals surface area contributed by atoms with E-state index in [1.165, 1.54) is 12.2 Å². The van der Waals surface area contributed by atoms with Gasteiger partial charge in [-0.2, -0.15) is 11.8 Å². The second kappa shape index (κ2) is 9.19. The van der Waals surface area contributed by atoms with Crippen molar-refractivity contribution in [3.8, 4) is 5.75 Å². The lowest BCUT2D eigenvalue weighted by molar-refractivity contribution is 0.146. The zero-order valence-electron chi connectivity index (χ0n) is 10.6. The van der Waals surface area contributed by atoms with Gasteiger partial charge in [-0.05, 0) is 42.7 Å². The van der Waals surface area contributed by atoms with Crippen molar-refractivity contribution in [2.45, 2.75) is 6.42 Å². The van der Waals surface area contributed by atoms with Crippen LogP contribution in [0.4, 0.5) is 5.69 Å². The molecule has 0 fully saturated rings. The first-order valence-electron chi connectivity index (χ1n) is 5.81. The van der Waals surface area contributed by atoms with Crippen LogP contribution < -0.4 is 10.1 Å². The molecule has 0 aliphatic heterocycles. The highest BCUT2D eigenvalue weighted by atomic mass is 32.2. The molecule has 0 aliphatic rings. The van der Waals surface area contributed by atoms with Gasteiger partial charge in [0.05, 0.1) is 6.61 Å². The van der Waals surface area contributed by atoms with E-state index in [4.69, 9.17) is 9.47 Å². The molecule has 0 aromatic heterocycles. The Morgan fingerprint density at radius 1 is 1.18 bits per heavy atom. The van der Waals surface area contributed by atoms with Crippen molar-refractivity contribution in [3.05, 3.63) is 24.3 Å². The summed E-state index contributed by atoms with van der Waals surface area (Å²) in [6, 6.07) is 8.04. The van der Waals surface area contributed by atoms with Gasteiger partial charge in [-0.1, -0.05) is 0 Å². The van der Waals surface area contributed by atoms with Crippen LogP contribution >= 0.6 is 11.8 Å². The Balaban J connectivity index is 2.24. The summed E-state index contributed by atoms with van der Waals surface area (Å²) in [7, 11) is 1.67. The van der Waals surface area contributed by atoms with Crippen molar-refractivity contribution >= 4 is 17.4 Å². The van der Waals surface area contributed by atoms with Gasteiger partial charge in [-0.15, -0.1) is 0 Å². The second-order valence-corrected chi connectivity index (χ2v) is 4.62. The first kappa shape index (κ1) is 14.2. The van der Waals surface area contributed by atoms with E-state index in [0.717, 1.165) is 18.0 Å². The highest BCUT2D eigenvalue weighted by molar-refractivity contribution is 7.98. The Morgan fingerprint density at radius 2 is 1.94 bits per heavy atom. The van der Waals surface area contributed by atoms with E-state index in [1.807, 2.05) is 36.0 Å². The Kier molecular flexibility index (Phi) is 7.67. The van der Waals surface area contributed by atoms with E-state index < -0.39 is 0 Å². The van der Waals surface area contributed by atoms with Crippen molar-refractivity contribution in [1.82, 2.24) is 0 Å². The van der Waals surface area contributed by atoms with Crippen LogP contribution in [0.15, 0.2) is 24.3 Å². The second-order valence-electron chi connectivity index (χ2n) is 3.64. The third-order valence-corrected chi connectivity index (χ3v) is 2.96. The normalized spacial score (nSPS) is 10.2. The van der Waals surface area contributed by atoms with E-state index in [-0.39, 0.29) is 0 Å². The van der Waals surface area contributed by atoms with Crippen molar-refractivity contribution in [2.75, 3.05) is 44.2 Å². The molecule has 0 radical (unpaired) electrons. The van der Waals surface area contributed by atoms with Gasteiger partial charge < -0.3 is 14.8 Å². The molecule has 0 unspecified atom stereocenters. The molecule has 0 saturated carbocycles. The van der Waals surface area contributed by atoms with Crippen LogP contribution in [0.5, 0.6) is 5.75 Å². The smallest absolute Gasteiger partial charge is 0.119 e. The average molecular weight is 255 g/mol. The molecule has 1 rings (SSSR count). The van der Waals surface area contributed by atoms with Gasteiger partial charge in [0.1, 0.15) is 12.4 Å². The van der Waals surface area contributed by atoms with Gasteiger partial charge in [0.15, 0.2) is 0 Å². The van der Waals surface area contributed by atoms with Gasteiger partial charge in [-0.25, -0.2) is 0 Å². The number of nitrogens with one attached hydrogen (secondary N) is 1. The number of thioether (sulfide) groups is 1. The number of methoxy groups -OCH3 is 1. The van der Waals surface area contributed by atoms with E-state index in [0.29, 0.717) is 13.2 Å². The fraction of sp³-hybridized carbons (Fsp3) is 0.538. The fourth-order valence-electron chi connectivity index (χ4n) is 1.36. The maximum absolute atomic E-state index is 5.49. The molecule has 0 amide bonds. The summed E-state index contributed by atoms with van der Waals surface area (Å²) in [5.41, 5.74) is 1.14. The Morgan fingerprint density at radius 3 is 2.59 bits per heavy atom. The zero-order chi connectivity index (χ0) is 12.3. The molecule has 4 heteroatoms. The topological polar surface area (TPSA) is 30.5 Å². The number of hydrogen-bond acceptors (Lipinski definition) is 4. The summed E-state index contributed by atoms with van der Waals surface area (Å²) >= 11 is 1.88.